The number of thioether (sulfide) groups is 1. The number of rotatable bonds is 3. The highest BCUT2D eigenvalue weighted by Gasteiger charge is 2.20. The summed E-state index contributed by atoms with van der Waals surface area (Å²) in [6.45, 7) is 0.922. The Bertz CT molecular complexity index is 692. The highest BCUT2D eigenvalue weighted by molar-refractivity contribution is 8.14. The highest BCUT2D eigenvalue weighted by Crippen LogP contribution is 2.27. The number of nitrogens with one attached hydrogen (secondary N) is 2. The van der Waals surface area contributed by atoms with Crippen LogP contribution in [0.25, 0.3) is 0 Å². The van der Waals surface area contributed by atoms with Gasteiger partial charge in [-0.05, 0) is 30.4 Å². The fourth-order valence-electron chi connectivity index (χ4n) is 3.34. The van der Waals surface area contributed by atoms with Crippen molar-refractivity contribution >= 4 is 34.2 Å². The lowest BCUT2D eigenvalue weighted by atomic mass is 10.1. The number of nitrogens with zero attached hydrogens (tertiary/aromatic N) is 2. The van der Waals surface area contributed by atoms with Crippen molar-refractivity contribution in [3.05, 3.63) is 29.3 Å². The molecule has 0 aromatic heterocycles. The molecule has 3 aliphatic rings. The molecule has 1 fully saturated rings. The van der Waals surface area contributed by atoms with Crippen LogP contribution in [-0.4, -0.2) is 29.1 Å². The summed E-state index contributed by atoms with van der Waals surface area (Å²) in [7, 11) is 0. The van der Waals surface area contributed by atoms with E-state index in [0.717, 1.165) is 45.9 Å². The SMILES string of the molecule is O=C1Cc2ccc(C3=NNC(=NCC4CCCC4)SC3)cc2N1. The first-order valence-corrected chi connectivity index (χ1v) is 9.19. The van der Waals surface area contributed by atoms with E-state index in [2.05, 4.69) is 20.8 Å². The Balaban J connectivity index is 1.42. The number of benzene rings is 1. The number of hydrogen-bond acceptors (Lipinski definition) is 4. The van der Waals surface area contributed by atoms with Crippen LogP contribution in [0.4, 0.5) is 5.69 Å². The number of amidine groups is 1. The monoisotopic (exact) mass is 328 g/mol. The molecule has 1 aliphatic carbocycles. The summed E-state index contributed by atoms with van der Waals surface area (Å²) in [5.41, 5.74) is 7.12. The van der Waals surface area contributed by atoms with Crippen LogP contribution in [0.2, 0.25) is 0 Å². The minimum absolute atomic E-state index is 0.0663. The van der Waals surface area contributed by atoms with Gasteiger partial charge in [0, 0.05) is 23.5 Å². The van der Waals surface area contributed by atoms with Gasteiger partial charge in [0.25, 0.3) is 0 Å². The molecule has 0 spiro atoms. The Morgan fingerprint density at radius 2 is 2.17 bits per heavy atom. The second kappa shape index (κ2) is 6.35. The molecule has 1 amide bonds. The quantitative estimate of drug-likeness (QED) is 0.896. The van der Waals surface area contributed by atoms with E-state index < -0.39 is 0 Å². The van der Waals surface area contributed by atoms with E-state index in [4.69, 9.17) is 0 Å². The molecule has 2 aliphatic heterocycles. The number of anilines is 1. The van der Waals surface area contributed by atoms with E-state index in [0.29, 0.717) is 6.42 Å². The van der Waals surface area contributed by atoms with Crippen LogP contribution in [0.3, 0.4) is 0 Å². The Morgan fingerprint density at radius 3 is 2.96 bits per heavy atom. The molecule has 0 bridgehead atoms. The van der Waals surface area contributed by atoms with Crippen molar-refractivity contribution in [2.75, 3.05) is 17.6 Å². The van der Waals surface area contributed by atoms with E-state index in [-0.39, 0.29) is 5.91 Å². The molecule has 1 aromatic carbocycles. The molecule has 1 aromatic rings. The second-order valence-corrected chi connectivity index (χ2v) is 7.32. The van der Waals surface area contributed by atoms with Crippen LogP contribution in [0, 0.1) is 5.92 Å². The molecule has 5 nitrogen and oxygen atoms in total. The van der Waals surface area contributed by atoms with Crippen LogP contribution >= 0.6 is 11.8 Å². The van der Waals surface area contributed by atoms with Crippen LogP contribution in [0.15, 0.2) is 28.3 Å². The van der Waals surface area contributed by atoms with Crippen LogP contribution < -0.4 is 10.7 Å². The third kappa shape index (κ3) is 3.27. The number of hydrogen-bond donors (Lipinski definition) is 2. The van der Waals surface area contributed by atoms with Crippen molar-refractivity contribution < 1.29 is 4.79 Å². The maximum atomic E-state index is 11.4. The number of fused-ring (bicyclic) bond motifs is 1. The maximum Gasteiger partial charge on any atom is 0.228 e. The third-order valence-corrected chi connectivity index (χ3v) is 5.58. The molecular weight excluding hydrogens is 308 g/mol. The molecule has 120 valence electrons. The number of amides is 1. The van der Waals surface area contributed by atoms with Gasteiger partial charge in [-0.15, -0.1) is 0 Å². The molecule has 23 heavy (non-hydrogen) atoms. The van der Waals surface area contributed by atoms with E-state index in [1.54, 1.807) is 11.8 Å². The van der Waals surface area contributed by atoms with Gasteiger partial charge in [-0.25, -0.2) is 0 Å². The van der Waals surface area contributed by atoms with E-state index >= 15 is 0 Å². The zero-order chi connectivity index (χ0) is 15.6. The first-order chi connectivity index (χ1) is 11.3. The van der Waals surface area contributed by atoms with Crippen molar-refractivity contribution in [2.24, 2.45) is 16.0 Å². The van der Waals surface area contributed by atoms with Crippen molar-refractivity contribution in [3.8, 4) is 0 Å². The summed E-state index contributed by atoms with van der Waals surface area (Å²) in [5.74, 6) is 1.63. The van der Waals surface area contributed by atoms with Crippen LogP contribution in [-0.2, 0) is 11.2 Å². The fraction of sp³-hybridized carbons (Fsp3) is 0.471. The Morgan fingerprint density at radius 1 is 1.30 bits per heavy atom. The van der Waals surface area contributed by atoms with Crippen molar-refractivity contribution in [1.29, 1.82) is 0 Å². The average Bonchev–Trinajstić information content (AvgIpc) is 3.21. The van der Waals surface area contributed by atoms with Gasteiger partial charge in [0.15, 0.2) is 5.17 Å². The molecule has 0 unspecified atom stereocenters. The van der Waals surface area contributed by atoms with Gasteiger partial charge >= 0.3 is 0 Å². The Labute approximate surface area is 140 Å². The largest absolute Gasteiger partial charge is 0.326 e. The van der Waals surface area contributed by atoms with Gasteiger partial charge < -0.3 is 5.32 Å². The van der Waals surface area contributed by atoms with Crippen LogP contribution in [0.1, 0.15) is 36.8 Å². The highest BCUT2D eigenvalue weighted by atomic mass is 32.2. The molecule has 2 N–H and O–H groups in total. The standard InChI is InChI=1S/C17H20N4OS/c22-16-8-13-6-5-12(7-14(13)19-16)15-10-23-17(21-20-15)18-9-11-3-1-2-4-11/h5-7,11H,1-4,8-10H2,(H,18,21)(H,19,22). The summed E-state index contributed by atoms with van der Waals surface area (Å²) in [6.07, 6.45) is 5.82. The lowest BCUT2D eigenvalue weighted by Gasteiger charge is -2.16. The molecule has 4 rings (SSSR count). The first-order valence-electron chi connectivity index (χ1n) is 8.21. The number of aliphatic imine (C=N–C) groups is 1. The summed E-state index contributed by atoms with van der Waals surface area (Å²) in [5, 5.41) is 8.29. The zero-order valence-electron chi connectivity index (χ0n) is 13.0. The molecule has 0 saturated heterocycles. The third-order valence-electron chi connectivity index (χ3n) is 4.67. The fourth-order valence-corrected chi connectivity index (χ4v) is 4.12. The molecular formula is C17H20N4OS. The Hall–Kier alpha value is -1.82. The molecule has 0 radical (unpaired) electrons. The lowest BCUT2D eigenvalue weighted by Crippen LogP contribution is -2.26. The number of carbonyl (C=O) groups is 1. The van der Waals surface area contributed by atoms with Crippen molar-refractivity contribution in [1.82, 2.24) is 5.43 Å². The average molecular weight is 328 g/mol. The predicted octanol–water partition coefficient (Wildman–Crippen LogP) is 2.77. The summed E-state index contributed by atoms with van der Waals surface area (Å²) < 4.78 is 0. The molecule has 2 heterocycles. The smallest absolute Gasteiger partial charge is 0.228 e. The predicted molar refractivity (Wildman–Crippen MR) is 95.2 cm³/mol. The summed E-state index contributed by atoms with van der Waals surface area (Å²) in [4.78, 5) is 16.1. The summed E-state index contributed by atoms with van der Waals surface area (Å²) in [6, 6.07) is 6.07. The first kappa shape index (κ1) is 14.8. The molecule has 1 saturated carbocycles. The van der Waals surface area contributed by atoms with E-state index in [9.17, 15) is 4.79 Å². The Kier molecular flexibility index (Phi) is 4.08. The van der Waals surface area contributed by atoms with Gasteiger partial charge in [-0.1, -0.05) is 36.7 Å². The van der Waals surface area contributed by atoms with Gasteiger partial charge in [-0.2, -0.15) is 5.10 Å². The maximum absolute atomic E-state index is 11.4. The van der Waals surface area contributed by atoms with Crippen LogP contribution in [0.5, 0.6) is 0 Å². The normalized spacial score (nSPS) is 22.7. The summed E-state index contributed by atoms with van der Waals surface area (Å²) >= 11 is 1.70. The molecule has 0 atom stereocenters. The second-order valence-electron chi connectivity index (χ2n) is 6.35. The lowest BCUT2D eigenvalue weighted by molar-refractivity contribution is -0.115. The van der Waals surface area contributed by atoms with Gasteiger partial charge in [0.05, 0.1) is 12.1 Å². The molecule has 6 heteroatoms. The van der Waals surface area contributed by atoms with E-state index in [1.165, 1.54) is 25.7 Å². The number of hydrazone groups is 1. The minimum Gasteiger partial charge on any atom is -0.326 e. The van der Waals surface area contributed by atoms with Crippen molar-refractivity contribution in [3.63, 3.8) is 0 Å². The zero-order valence-corrected chi connectivity index (χ0v) is 13.8. The minimum atomic E-state index is 0.0663. The number of carbonyl (C=O) groups excluding carboxylic acids is 1. The van der Waals surface area contributed by atoms with E-state index in [1.807, 2.05) is 18.2 Å². The topological polar surface area (TPSA) is 65.8 Å². The van der Waals surface area contributed by atoms with Gasteiger partial charge in [-0.3, -0.25) is 15.2 Å². The van der Waals surface area contributed by atoms with Gasteiger partial charge in [0.1, 0.15) is 0 Å². The van der Waals surface area contributed by atoms with Crippen molar-refractivity contribution in [2.45, 2.75) is 32.1 Å². The van der Waals surface area contributed by atoms with Gasteiger partial charge in [0.2, 0.25) is 5.91 Å².